The number of carbonyl (C=O) groups excluding carboxylic acids is 1. The molecular formula is C14H9Cl2N5O3S. The summed E-state index contributed by atoms with van der Waals surface area (Å²) < 4.78 is 0. The van der Waals surface area contributed by atoms with Gasteiger partial charge in [-0.3, -0.25) is 14.9 Å². The Morgan fingerprint density at radius 2 is 2.12 bits per heavy atom. The minimum Gasteiger partial charge on any atom is -0.331 e. The number of nitro groups is 1. The molecule has 0 radical (unpaired) electrons. The molecule has 2 heterocycles. The van der Waals surface area contributed by atoms with E-state index in [2.05, 4.69) is 20.3 Å². The zero-order valence-corrected chi connectivity index (χ0v) is 14.7. The van der Waals surface area contributed by atoms with E-state index in [0.717, 1.165) is 11.8 Å². The normalized spacial score (nSPS) is 10.8. The van der Waals surface area contributed by atoms with Crippen LogP contribution in [-0.4, -0.2) is 31.5 Å². The third kappa shape index (κ3) is 4.19. The molecule has 1 amide bonds. The molecular weight excluding hydrogens is 389 g/mol. The number of rotatable bonds is 5. The third-order valence-electron chi connectivity index (χ3n) is 3.05. The van der Waals surface area contributed by atoms with Gasteiger partial charge in [-0.1, -0.05) is 35.0 Å². The molecule has 0 unspecified atom stereocenters. The van der Waals surface area contributed by atoms with Crippen LogP contribution in [0.25, 0.3) is 11.2 Å². The molecule has 0 saturated carbocycles. The van der Waals surface area contributed by atoms with Gasteiger partial charge in [0.2, 0.25) is 5.91 Å². The number of imidazole rings is 1. The summed E-state index contributed by atoms with van der Waals surface area (Å²) in [7, 11) is 0. The van der Waals surface area contributed by atoms with Crippen molar-refractivity contribution >= 4 is 63.4 Å². The van der Waals surface area contributed by atoms with Crippen LogP contribution in [0, 0.1) is 10.1 Å². The quantitative estimate of drug-likeness (QED) is 0.383. The summed E-state index contributed by atoms with van der Waals surface area (Å²) in [4.78, 5) is 33.7. The fraction of sp³-hybridized carbons (Fsp3) is 0.0714. The number of nitrogens with one attached hydrogen (secondary N) is 2. The van der Waals surface area contributed by atoms with E-state index in [4.69, 9.17) is 23.2 Å². The first-order chi connectivity index (χ1) is 11.9. The lowest BCUT2D eigenvalue weighted by molar-refractivity contribution is -0.383. The molecule has 25 heavy (non-hydrogen) atoms. The molecule has 128 valence electrons. The molecule has 0 aliphatic heterocycles. The maximum Gasteiger partial charge on any atom is 0.292 e. The molecule has 1 aromatic carbocycles. The van der Waals surface area contributed by atoms with Crippen LogP contribution in [0.15, 0.2) is 35.6 Å². The van der Waals surface area contributed by atoms with Gasteiger partial charge in [0.25, 0.3) is 5.69 Å². The van der Waals surface area contributed by atoms with Crippen LogP contribution in [0.1, 0.15) is 0 Å². The van der Waals surface area contributed by atoms with E-state index >= 15 is 0 Å². The summed E-state index contributed by atoms with van der Waals surface area (Å²) in [5.74, 6) is -0.432. The summed E-state index contributed by atoms with van der Waals surface area (Å²) in [5, 5.41) is 14.7. The molecule has 0 fully saturated rings. The summed E-state index contributed by atoms with van der Waals surface area (Å²) >= 11 is 12.8. The molecule has 3 rings (SSSR count). The Kier molecular flexibility index (Phi) is 5.07. The van der Waals surface area contributed by atoms with Gasteiger partial charge in [0, 0.05) is 17.3 Å². The maximum absolute atomic E-state index is 12.1. The smallest absolute Gasteiger partial charge is 0.292 e. The summed E-state index contributed by atoms with van der Waals surface area (Å²) in [6, 6.07) is 5.63. The second-order valence-electron chi connectivity index (χ2n) is 4.82. The lowest BCUT2D eigenvalue weighted by atomic mass is 10.2. The van der Waals surface area contributed by atoms with Gasteiger partial charge in [-0.25, -0.2) is 9.97 Å². The number of hydrogen-bond acceptors (Lipinski definition) is 6. The standard InChI is InChI=1S/C14H9Cl2N5O3S/c15-7-1-2-11(21(23)24)9(3-7)18-12(22)6-25-14-19-10-4-8(16)5-17-13(10)20-14/h1-5H,6H2,(H,18,22)(H,17,19,20). The van der Waals surface area contributed by atoms with Crippen molar-refractivity contribution in [2.24, 2.45) is 0 Å². The molecule has 0 bridgehead atoms. The minimum absolute atomic E-state index is 0.00276. The highest BCUT2D eigenvalue weighted by Crippen LogP contribution is 2.28. The summed E-state index contributed by atoms with van der Waals surface area (Å²) in [6.45, 7) is 0. The van der Waals surface area contributed by atoms with E-state index < -0.39 is 10.8 Å². The number of thioether (sulfide) groups is 1. The van der Waals surface area contributed by atoms with E-state index in [9.17, 15) is 14.9 Å². The Hall–Kier alpha value is -2.36. The van der Waals surface area contributed by atoms with Crippen molar-refractivity contribution in [2.75, 3.05) is 11.1 Å². The number of nitro benzene ring substituents is 1. The molecule has 2 N–H and O–H groups in total. The number of nitrogens with zero attached hydrogens (tertiary/aromatic N) is 3. The van der Waals surface area contributed by atoms with Crippen molar-refractivity contribution in [3.63, 3.8) is 0 Å². The number of fused-ring (bicyclic) bond motifs is 1. The molecule has 8 nitrogen and oxygen atoms in total. The first kappa shape index (κ1) is 17.5. The van der Waals surface area contributed by atoms with Crippen LogP contribution in [0.3, 0.4) is 0 Å². The van der Waals surface area contributed by atoms with Gasteiger partial charge in [-0.15, -0.1) is 0 Å². The number of pyridine rings is 1. The van der Waals surface area contributed by atoms with Crippen molar-refractivity contribution < 1.29 is 9.72 Å². The number of H-pyrrole nitrogens is 1. The van der Waals surface area contributed by atoms with Crippen molar-refractivity contribution in [1.29, 1.82) is 0 Å². The molecule has 0 spiro atoms. The molecule has 11 heteroatoms. The zero-order chi connectivity index (χ0) is 18.0. The van der Waals surface area contributed by atoms with Crippen molar-refractivity contribution in [1.82, 2.24) is 15.0 Å². The van der Waals surface area contributed by atoms with Crippen LogP contribution < -0.4 is 5.32 Å². The molecule has 0 aliphatic rings. The second kappa shape index (κ2) is 7.26. The number of hydrogen-bond donors (Lipinski definition) is 2. The number of amides is 1. The van der Waals surface area contributed by atoms with Crippen molar-refractivity contribution in [3.8, 4) is 0 Å². The fourth-order valence-corrected chi connectivity index (χ4v) is 3.01. The molecule has 2 aromatic heterocycles. The van der Waals surface area contributed by atoms with Crippen LogP contribution >= 0.6 is 35.0 Å². The van der Waals surface area contributed by atoms with Crippen molar-refractivity contribution in [3.05, 3.63) is 50.6 Å². The number of benzene rings is 1. The molecule has 0 saturated heterocycles. The second-order valence-corrected chi connectivity index (χ2v) is 6.66. The topological polar surface area (TPSA) is 114 Å². The predicted octanol–water partition coefficient (Wildman–Crippen LogP) is 3.90. The van der Waals surface area contributed by atoms with Crippen LogP contribution in [0.4, 0.5) is 11.4 Å². The number of halogens is 2. The molecule has 0 atom stereocenters. The largest absolute Gasteiger partial charge is 0.331 e. The third-order valence-corrected chi connectivity index (χ3v) is 4.37. The summed E-state index contributed by atoms with van der Waals surface area (Å²) in [5.41, 5.74) is 0.949. The molecule has 0 aliphatic carbocycles. The number of carbonyl (C=O) groups is 1. The van der Waals surface area contributed by atoms with Gasteiger partial charge < -0.3 is 10.3 Å². The highest BCUT2D eigenvalue weighted by Gasteiger charge is 2.17. The van der Waals surface area contributed by atoms with E-state index in [0.29, 0.717) is 21.3 Å². The number of aromatic amines is 1. The lowest BCUT2D eigenvalue weighted by Gasteiger charge is -2.05. The highest BCUT2D eigenvalue weighted by molar-refractivity contribution is 7.99. The van der Waals surface area contributed by atoms with Crippen LogP contribution in [0.2, 0.25) is 10.0 Å². The SMILES string of the molecule is O=C(CSc1nc2ncc(Cl)cc2[nH]1)Nc1cc(Cl)ccc1[N+](=O)[O-]. The van der Waals surface area contributed by atoms with Gasteiger partial charge in [0.05, 0.1) is 21.2 Å². The lowest BCUT2D eigenvalue weighted by Crippen LogP contribution is -2.15. The van der Waals surface area contributed by atoms with Crippen molar-refractivity contribution in [2.45, 2.75) is 5.16 Å². The van der Waals surface area contributed by atoms with Crippen LogP contribution in [0.5, 0.6) is 0 Å². The Labute approximate surface area is 155 Å². The van der Waals surface area contributed by atoms with Gasteiger partial charge in [0.15, 0.2) is 10.8 Å². The number of aromatic nitrogens is 3. The molecule has 3 aromatic rings. The van der Waals surface area contributed by atoms with E-state index in [-0.39, 0.29) is 22.2 Å². The Morgan fingerprint density at radius 3 is 2.88 bits per heavy atom. The fourth-order valence-electron chi connectivity index (χ4n) is 2.01. The maximum atomic E-state index is 12.1. The Morgan fingerprint density at radius 1 is 1.32 bits per heavy atom. The van der Waals surface area contributed by atoms with Crippen LogP contribution in [-0.2, 0) is 4.79 Å². The predicted molar refractivity (Wildman–Crippen MR) is 96.4 cm³/mol. The summed E-state index contributed by atoms with van der Waals surface area (Å²) in [6.07, 6.45) is 1.48. The first-order valence-corrected chi connectivity index (χ1v) is 8.54. The first-order valence-electron chi connectivity index (χ1n) is 6.80. The Balaban J connectivity index is 1.68. The number of anilines is 1. The van der Waals surface area contributed by atoms with E-state index in [1.54, 1.807) is 6.07 Å². The van der Waals surface area contributed by atoms with Gasteiger partial charge in [0.1, 0.15) is 5.69 Å². The minimum atomic E-state index is -0.590. The highest BCUT2D eigenvalue weighted by atomic mass is 35.5. The van der Waals surface area contributed by atoms with Gasteiger partial charge in [-0.05, 0) is 18.2 Å². The van der Waals surface area contributed by atoms with E-state index in [1.165, 1.54) is 24.4 Å². The average Bonchev–Trinajstić information content (AvgIpc) is 2.94. The average molecular weight is 398 g/mol. The van der Waals surface area contributed by atoms with Gasteiger partial charge >= 0.3 is 0 Å². The van der Waals surface area contributed by atoms with E-state index in [1.807, 2.05) is 0 Å². The van der Waals surface area contributed by atoms with Gasteiger partial charge in [-0.2, -0.15) is 0 Å². The Bertz CT molecular complexity index is 978. The zero-order valence-electron chi connectivity index (χ0n) is 12.3. The monoisotopic (exact) mass is 397 g/mol.